The van der Waals surface area contributed by atoms with Crippen molar-refractivity contribution in [3.63, 3.8) is 0 Å². The van der Waals surface area contributed by atoms with Crippen LogP contribution in [0.3, 0.4) is 0 Å². The minimum absolute atomic E-state index is 0. The number of methoxy groups -OCH3 is 1. The Morgan fingerprint density at radius 3 is 2.62 bits per heavy atom. The summed E-state index contributed by atoms with van der Waals surface area (Å²) in [6.45, 7) is 7.27. The van der Waals surface area contributed by atoms with Gasteiger partial charge in [0.2, 0.25) is 0 Å². The van der Waals surface area contributed by atoms with Gasteiger partial charge in [-0.05, 0) is 43.2 Å². The Kier molecular flexibility index (Phi) is 13.5. The fourth-order valence-corrected chi connectivity index (χ4v) is 4.19. The average molecular weight is 561 g/mol. The summed E-state index contributed by atoms with van der Waals surface area (Å²) in [5.41, 5.74) is 2.46. The monoisotopic (exact) mass is 560 g/mol. The van der Waals surface area contributed by atoms with Gasteiger partial charge in [-0.15, -0.1) is 24.0 Å². The quantitative estimate of drug-likeness (QED) is 0.199. The summed E-state index contributed by atoms with van der Waals surface area (Å²) < 4.78 is 16.6. The number of likely N-dealkylation sites (tertiary alicyclic amines) is 1. The fourth-order valence-electron chi connectivity index (χ4n) is 4.19. The molecule has 182 valence electrons. The summed E-state index contributed by atoms with van der Waals surface area (Å²) in [4.78, 5) is 6.95. The van der Waals surface area contributed by atoms with E-state index >= 15 is 0 Å². The minimum atomic E-state index is 0. The molecule has 2 N–H and O–H groups in total. The molecule has 32 heavy (non-hydrogen) atoms. The van der Waals surface area contributed by atoms with Crippen LogP contribution in [0.2, 0.25) is 0 Å². The first-order chi connectivity index (χ1) is 15.3. The van der Waals surface area contributed by atoms with E-state index in [1.54, 1.807) is 7.11 Å². The smallest absolute Gasteiger partial charge is 0.191 e. The molecule has 7 nitrogen and oxygen atoms in total. The molecule has 0 aromatic heterocycles. The highest BCUT2D eigenvalue weighted by atomic mass is 127. The molecule has 2 fully saturated rings. The zero-order valence-corrected chi connectivity index (χ0v) is 22.0. The predicted molar refractivity (Wildman–Crippen MR) is 140 cm³/mol. The summed E-state index contributed by atoms with van der Waals surface area (Å²) >= 11 is 0. The van der Waals surface area contributed by atoms with Gasteiger partial charge in [-0.25, -0.2) is 0 Å². The molecule has 0 bridgehead atoms. The van der Waals surface area contributed by atoms with E-state index in [9.17, 15) is 0 Å². The topological polar surface area (TPSA) is 67.4 Å². The van der Waals surface area contributed by atoms with E-state index in [-0.39, 0.29) is 24.0 Å². The molecular formula is C24H41IN4O3. The number of nitrogens with one attached hydrogen (secondary N) is 2. The van der Waals surface area contributed by atoms with Crippen LogP contribution in [0.25, 0.3) is 0 Å². The number of nitrogens with zero attached hydrogens (tertiary/aromatic N) is 2. The van der Waals surface area contributed by atoms with E-state index < -0.39 is 0 Å². The minimum Gasteiger partial charge on any atom is -0.385 e. The van der Waals surface area contributed by atoms with Crippen LogP contribution in [0.4, 0.5) is 0 Å². The molecule has 0 atom stereocenters. The summed E-state index contributed by atoms with van der Waals surface area (Å²) in [6, 6.07) is 9.09. The van der Waals surface area contributed by atoms with Gasteiger partial charge in [-0.3, -0.25) is 4.99 Å². The van der Waals surface area contributed by atoms with Gasteiger partial charge < -0.3 is 29.7 Å². The average Bonchev–Trinajstić information content (AvgIpc) is 2.82. The molecule has 0 amide bonds. The van der Waals surface area contributed by atoms with Gasteiger partial charge in [0.25, 0.3) is 0 Å². The number of aliphatic imine (C=N–C) groups is 1. The van der Waals surface area contributed by atoms with Crippen LogP contribution in [-0.2, 0) is 27.4 Å². The van der Waals surface area contributed by atoms with Crippen LogP contribution in [0.5, 0.6) is 0 Å². The van der Waals surface area contributed by atoms with E-state index in [1.807, 2.05) is 7.05 Å². The van der Waals surface area contributed by atoms with Crippen molar-refractivity contribution in [2.24, 2.45) is 4.99 Å². The molecule has 1 aromatic carbocycles. The molecule has 0 saturated carbocycles. The molecule has 2 aliphatic heterocycles. The lowest BCUT2D eigenvalue weighted by molar-refractivity contribution is -0.0390. The number of piperidine rings is 1. The van der Waals surface area contributed by atoms with Gasteiger partial charge in [-0.2, -0.15) is 0 Å². The van der Waals surface area contributed by atoms with Crippen molar-refractivity contribution in [3.05, 3.63) is 35.4 Å². The van der Waals surface area contributed by atoms with Gasteiger partial charge in [-0.1, -0.05) is 24.3 Å². The van der Waals surface area contributed by atoms with Crippen molar-refractivity contribution in [2.45, 2.75) is 57.4 Å². The van der Waals surface area contributed by atoms with Gasteiger partial charge in [0, 0.05) is 66.2 Å². The zero-order valence-electron chi connectivity index (χ0n) is 19.7. The van der Waals surface area contributed by atoms with Gasteiger partial charge >= 0.3 is 0 Å². The van der Waals surface area contributed by atoms with Crippen LogP contribution in [0.1, 0.15) is 43.2 Å². The van der Waals surface area contributed by atoms with Gasteiger partial charge in [0.15, 0.2) is 5.96 Å². The second-order valence-corrected chi connectivity index (χ2v) is 8.48. The Bertz CT molecular complexity index is 662. The molecular weight excluding hydrogens is 519 g/mol. The predicted octanol–water partition coefficient (Wildman–Crippen LogP) is 3.17. The number of halogens is 1. The van der Waals surface area contributed by atoms with Gasteiger partial charge in [0.1, 0.15) is 0 Å². The maximum Gasteiger partial charge on any atom is 0.191 e. The maximum atomic E-state index is 6.06. The van der Waals surface area contributed by atoms with E-state index in [1.165, 1.54) is 11.1 Å². The van der Waals surface area contributed by atoms with E-state index in [0.29, 0.717) is 18.8 Å². The van der Waals surface area contributed by atoms with Crippen LogP contribution >= 0.6 is 24.0 Å². The third-order valence-electron chi connectivity index (χ3n) is 6.08. The highest BCUT2D eigenvalue weighted by Gasteiger charge is 2.19. The number of hydrogen-bond acceptors (Lipinski definition) is 5. The second kappa shape index (κ2) is 15.8. The first-order valence-corrected chi connectivity index (χ1v) is 11.7. The molecule has 3 rings (SSSR count). The molecule has 0 unspecified atom stereocenters. The Morgan fingerprint density at radius 2 is 1.91 bits per heavy atom. The van der Waals surface area contributed by atoms with Crippen molar-refractivity contribution >= 4 is 29.9 Å². The van der Waals surface area contributed by atoms with Crippen LogP contribution < -0.4 is 10.6 Å². The first kappa shape index (κ1) is 27.3. The van der Waals surface area contributed by atoms with Crippen LogP contribution in [0.15, 0.2) is 29.3 Å². The molecule has 2 heterocycles. The highest BCUT2D eigenvalue weighted by Crippen LogP contribution is 2.14. The van der Waals surface area contributed by atoms with Crippen molar-refractivity contribution < 1.29 is 14.2 Å². The maximum absolute atomic E-state index is 6.06. The number of ether oxygens (including phenoxy) is 3. The van der Waals surface area contributed by atoms with Crippen molar-refractivity contribution in [1.82, 2.24) is 15.5 Å². The molecule has 2 saturated heterocycles. The third kappa shape index (κ3) is 9.91. The Balaban J connectivity index is 0.00000363. The van der Waals surface area contributed by atoms with Crippen LogP contribution in [-0.4, -0.2) is 76.6 Å². The van der Waals surface area contributed by atoms with Crippen LogP contribution in [0, 0.1) is 0 Å². The zero-order chi connectivity index (χ0) is 21.7. The molecule has 1 aromatic rings. The second-order valence-electron chi connectivity index (χ2n) is 8.48. The highest BCUT2D eigenvalue weighted by molar-refractivity contribution is 14.0. The van der Waals surface area contributed by atoms with Gasteiger partial charge in [0.05, 0.1) is 12.7 Å². The summed E-state index contributed by atoms with van der Waals surface area (Å²) in [5, 5.41) is 7.07. The molecule has 0 spiro atoms. The Morgan fingerprint density at radius 1 is 1.16 bits per heavy atom. The SMILES string of the molecule is CN=C(NCc1cccc(COC2CCOCC2)c1)NC1CCN(CCCOC)CC1.I. The number of hydrogen-bond donors (Lipinski definition) is 2. The summed E-state index contributed by atoms with van der Waals surface area (Å²) in [6.07, 6.45) is 5.71. The standard InChI is InChI=1S/C24H40N4O3.HI/c1-25-24(27-22-7-12-28(13-8-22)11-4-14-29-2)26-18-20-5-3-6-21(17-20)19-31-23-9-15-30-16-10-23;/h3,5-6,17,22-23H,4,7-16,18-19H2,1-2H3,(H2,25,26,27);1H. The summed E-state index contributed by atoms with van der Waals surface area (Å²) in [7, 11) is 3.61. The molecule has 0 radical (unpaired) electrons. The lowest BCUT2D eigenvalue weighted by atomic mass is 10.1. The first-order valence-electron chi connectivity index (χ1n) is 11.7. The Hall–Kier alpha value is -0.940. The van der Waals surface area contributed by atoms with E-state index in [4.69, 9.17) is 14.2 Å². The number of benzene rings is 1. The molecule has 0 aliphatic carbocycles. The molecule has 8 heteroatoms. The Labute approximate surface area is 210 Å². The normalized spacial score (nSPS) is 18.9. The fraction of sp³-hybridized carbons (Fsp3) is 0.708. The summed E-state index contributed by atoms with van der Waals surface area (Å²) in [5.74, 6) is 0.877. The third-order valence-corrected chi connectivity index (χ3v) is 6.08. The largest absolute Gasteiger partial charge is 0.385 e. The lowest BCUT2D eigenvalue weighted by Gasteiger charge is -2.33. The lowest BCUT2D eigenvalue weighted by Crippen LogP contribution is -2.48. The van der Waals surface area contributed by atoms with E-state index in [0.717, 1.165) is 84.1 Å². The number of rotatable bonds is 10. The van der Waals surface area contributed by atoms with Crippen molar-refractivity contribution in [2.75, 3.05) is 53.6 Å². The molecule has 2 aliphatic rings. The van der Waals surface area contributed by atoms with Crippen molar-refractivity contribution in [1.29, 1.82) is 0 Å². The number of guanidine groups is 1. The van der Waals surface area contributed by atoms with Crippen molar-refractivity contribution in [3.8, 4) is 0 Å². The van der Waals surface area contributed by atoms with E-state index in [2.05, 4.69) is 44.8 Å².